The molecule has 0 saturated heterocycles. The zero-order chi connectivity index (χ0) is 20.4. The highest BCUT2D eigenvalue weighted by Crippen LogP contribution is 2.44. The van der Waals surface area contributed by atoms with Gasteiger partial charge in [0.2, 0.25) is 0 Å². The van der Waals surface area contributed by atoms with Crippen molar-refractivity contribution >= 4 is 12.1 Å². The number of benzene rings is 2. The van der Waals surface area contributed by atoms with Crippen LogP contribution in [-0.2, 0) is 9.53 Å². The smallest absolute Gasteiger partial charge is 0.411 e. The van der Waals surface area contributed by atoms with Gasteiger partial charge in [-0.15, -0.1) is 0 Å². The SMILES string of the molecule is C=C(C)C(C(=O)O)N(C(=O)OCC1c2ccccc2-c2ccccc21)C(C)C. The molecule has 28 heavy (non-hydrogen) atoms. The molecule has 0 radical (unpaired) electrons. The number of carbonyl (C=O) groups excluding carboxylic acids is 1. The second-order valence-corrected chi connectivity index (χ2v) is 7.39. The Bertz CT molecular complexity index is 859. The second-order valence-electron chi connectivity index (χ2n) is 7.39. The summed E-state index contributed by atoms with van der Waals surface area (Å²) >= 11 is 0. The molecule has 2 aromatic carbocycles. The fourth-order valence-corrected chi connectivity index (χ4v) is 3.85. The van der Waals surface area contributed by atoms with E-state index in [9.17, 15) is 14.7 Å². The Balaban J connectivity index is 1.84. The van der Waals surface area contributed by atoms with Crippen LogP contribution in [0.1, 0.15) is 37.8 Å². The minimum atomic E-state index is -1.12. The van der Waals surface area contributed by atoms with Gasteiger partial charge < -0.3 is 9.84 Å². The number of ether oxygens (including phenoxy) is 1. The molecule has 1 unspecified atom stereocenters. The quantitative estimate of drug-likeness (QED) is 0.741. The van der Waals surface area contributed by atoms with Crippen molar-refractivity contribution in [2.24, 2.45) is 0 Å². The molecular weight excluding hydrogens is 354 g/mol. The van der Waals surface area contributed by atoms with E-state index in [0.717, 1.165) is 22.3 Å². The summed E-state index contributed by atoms with van der Waals surface area (Å²) in [6.07, 6.45) is -0.646. The molecule has 0 bridgehead atoms. The van der Waals surface area contributed by atoms with Crippen LogP contribution in [0.15, 0.2) is 60.7 Å². The second kappa shape index (κ2) is 7.89. The normalized spacial score (nSPS) is 13.6. The van der Waals surface area contributed by atoms with E-state index in [4.69, 9.17) is 4.74 Å². The van der Waals surface area contributed by atoms with Gasteiger partial charge in [-0.3, -0.25) is 4.90 Å². The minimum Gasteiger partial charge on any atom is -0.479 e. The topological polar surface area (TPSA) is 66.8 Å². The number of nitrogens with zero attached hydrogens (tertiary/aromatic N) is 1. The number of rotatable bonds is 6. The Kier molecular flexibility index (Phi) is 5.54. The van der Waals surface area contributed by atoms with Crippen molar-refractivity contribution in [3.05, 3.63) is 71.8 Å². The van der Waals surface area contributed by atoms with Crippen molar-refractivity contribution in [1.29, 1.82) is 0 Å². The van der Waals surface area contributed by atoms with Crippen molar-refractivity contribution in [2.75, 3.05) is 6.61 Å². The van der Waals surface area contributed by atoms with E-state index in [2.05, 4.69) is 18.7 Å². The Morgan fingerprint density at radius 1 is 1.07 bits per heavy atom. The Morgan fingerprint density at radius 3 is 2.00 bits per heavy atom. The maximum absolute atomic E-state index is 12.8. The summed E-state index contributed by atoms with van der Waals surface area (Å²) in [5.41, 5.74) is 4.90. The van der Waals surface area contributed by atoms with E-state index >= 15 is 0 Å². The van der Waals surface area contributed by atoms with E-state index in [-0.39, 0.29) is 18.6 Å². The number of amides is 1. The van der Waals surface area contributed by atoms with Gasteiger partial charge in [0.05, 0.1) is 0 Å². The van der Waals surface area contributed by atoms with Crippen molar-refractivity contribution in [3.63, 3.8) is 0 Å². The molecule has 0 aromatic heterocycles. The van der Waals surface area contributed by atoms with Crippen molar-refractivity contribution in [2.45, 2.75) is 38.8 Å². The van der Waals surface area contributed by atoms with Crippen LogP contribution in [0.4, 0.5) is 4.79 Å². The van der Waals surface area contributed by atoms with Crippen LogP contribution in [0.2, 0.25) is 0 Å². The maximum Gasteiger partial charge on any atom is 0.411 e. The number of hydrogen-bond acceptors (Lipinski definition) is 3. The standard InChI is InChI=1S/C23H25NO4/c1-14(2)21(22(25)26)24(15(3)4)23(27)28-13-20-18-11-7-5-9-16(18)17-10-6-8-12-19(17)20/h5-12,15,20-21H,1,13H2,2-4H3,(H,25,26). The van der Waals surface area contributed by atoms with Crippen LogP contribution in [0.5, 0.6) is 0 Å². The van der Waals surface area contributed by atoms with Crippen molar-refractivity contribution in [3.8, 4) is 11.1 Å². The first-order valence-electron chi connectivity index (χ1n) is 9.34. The van der Waals surface area contributed by atoms with Gasteiger partial charge in [0.25, 0.3) is 0 Å². The first-order valence-corrected chi connectivity index (χ1v) is 9.34. The van der Waals surface area contributed by atoms with Crippen LogP contribution in [0, 0.1) is 0 Å². The van der Waals surface area contributed by atoms with Gasteiger partial charge in [0, 0.05) is 12.0 Å². The molecule has 1 atom stereocenters. The lowest BCUT2D eigenvalue weighted by molar-refractivity contribution is -0.141. The minimum absolute atomic E-state index is 0.0709. The highest BCUT2D eigenvalue weighted by atomic mass is 16.6. The summed E-state index contributed by atoms with van der Waals surface area (Å²) < 4.78 is 5.63. The molecule has 5 nitrogen and oxygen atoms in total. The van der Waals surface area contributed by atoms with Gasteiger partial charge in [-0.25, -0.2) is 9.59 Å². The highest BCUT2D eigenvalue weighted by Gasteiger charge is 2.35. The van der Waals surface area contributed by atoms with E-state index in [1.807, 2.05) is 36.4 Å². The molecule has 0 spiro atoms. The summed E-state index contributed by atoms with van der Waals surface area (Å²) in [7, 11) is 0. The Hall–Kier alpha value is -3.08. The van der Waals surface area contributed by atoms with Gasteiger partial charge in [0.15, 0.2) is 6.04 Å². The zero-order valence-electron chi connectivity index (χ0n) is 16.4. The molecule has 0 saturated carbocycles. The summed E-state index contributed by atoms with van der Waals surface area (Å²) in [5, 5.41) is 9.54. The van der Waals surface area contributed by atoms with Crippen LogP contribution in [0.25, 0.3) is 11.1 Å². The largest absolute Gasteiger partial charge is 0.479 e. The lowest BCUT2D eigenvalue weighted by Gasteiger charge is -2.32. The Labute approximate surface area is 165 Å². The van der Waals surface area contributed by atoms with Crippen molar-refractivity contribution in [1.82, 2.24) is 4.90 Å². The third-order valence-electron chi connectivity index (χ3n) is 5.08. The molecule has 1 N–H and O–H groups in total. The lowest BCUT2D eigenvalue weighted by Crippen LogP contribution is -2.49. The summed E-state index contributed by atoms with van der Waals surface area (Å²) in [6, 6.07) is 14.7. The number of fused-ring (bicyclic) bond motifs is 3. The van der Waals surface area contributed by atoms with E-state index < -0.39 is 18.1 Å². The molecule has 0 aliphatic heterocycles. The first-order chi connectivity index (χ1) is 13.3. The summed E-state index contributed by atoms with van der Waals surface area (Å²) in [5.74, 6) is -1.19. The number of aliphatic carboxylic acids is 1. The average molecular weight is 379 g/mol. The third kappa shape index (κ3) is 3.52. The van der Waals surface area contributed by atoms with Gasteiger partial charge in [-0.2, -0.15) is 0 Å². The van der Waals surface area contributed by atoms with Gasteiger partial charge >= 0.3 is 12.1 Å². The molecule has 0 fully saturated rings. The number of carboxylic acids is 1. The maximum atomic E-state index is 12.8. The molecule has 1 aliphatic carbocycles. The molecule has 1 aliphatic rings. The highest BCUT2D eigenvalue weighted by molar-refractivity contribution is 5.83. The molecule has 5 heteroatoms. The van der Waals surface area contributed by atoms with Gasteiger partial charge in [-0.05, 0) is 48.6 Å². The van der Waals surface area contributed by atoms with Crippen LogP contribution < -0.4 is 0 Å². The number of hydrogen-bond donors (Lipinski definition) is 1. The average Bonchev–Trinajstić information content (AvgIpc) is 2.97. The fraction of sp³-hybridized carbons (Fsp3) is 0.304. The first kappa shape index (κ1) is 19.7. The summed E-state index contributed by atoms with van der Waals surface area (Å²) in [4.78, 5) is 25.7. The molecule has 3 rings (SSSR count). The van der Waals surface area contributed by atoms with Crippen molar-refractivity contribution < 1.29 is 19.4 Å². The van der Waals surface area contributed by atoms with E-state index in [1.165, 1.54) is 4.90 Å². The molecular formula is C23H25NO4. The van der Waals surface area contributed by atoms with Crippen LogP contribution in [-0.4, -0.2) is 40.8 Å². The van der Waals surface area contributed by atoms with Gasteiger partial charge in [0.1, 0.15) is 6.61 Å². The predicted molar refractivity (Wildman–Crippen MR) is 108 cm³/mol. The fourth-order valence-electron chi connectivity index (χ4n) is 3.85. The number of carbonyl (C=O) groups is 2. The van der Waals surface area contributed by atoms with Crippen LogP contribution in [0.3, 0.4) is 0 Å². The zero-order valence-corrected chi connectivity index (χ0v) is 16.4. The third-order valence-corrected chi connectivity index (χ3v) is 5.08. The Morgan fingerprint density at radius 2 is 1.57 bits per heavy atom. The summed E-state index contributed by atoms with van der Waals surface area (Å²) in [6.45, 7) is 9.01. The molecule has 146 valence electrons. The lowest BCUT2D eigenvalue weighted by atomic mass is 9.98. The van der Waals surface area contributed by atoms with E-state index in [1.54, 1.807) is 20.8 Å². The van der Waals surface area contributed by atoms with Crippen LogP contribution >= 0.6 is 0 Å². The van der Waals surface area contributed by atoms with E-state index in [0.29, 0.717) is 5.57 Å². The monoisotopic (exact) mass is 379 g/mol. The predicted octanol–water partition coefficient (Wildman–Crippen LogP) is 4.68. The number of carboxylic acid groups (broad SMARTS) is 1. The van der Waals surface area contributed by atoms with Gasteiger partial charge in [-0.1, -0.05) is 55.1 Å². The molecule has 0 heterocycles. The molecule has 1 amide bonds. The molecule has 2 aromatic rings.